The van der Waals surface area contributed by atoms with Crippen molar-refractivity contribution >= 4 is 0 Å². The molecule has 0 aromatic carbocycles. The first-order valence-electron chi connectivity index (χ1n) is 11.1. The summed E-state index contributed by atoms with van der Waals surface area (Å²) in [7, 11) is 0. The first kappa shape index (κ1) is 21.0. The van der Waals surface area contributed by atoms with Crippen LogP contribution in [0.3, 0.4) is 0 Å². The molecule has 2 heterocycles. The lowest BCUT2D eigenvalue weighted by Gasteiger charge is -2.27. The Labute approximate surface area is 167 Å². The van der Waals surface area contributed by atoms with Crippen molar-refractivity contribution in [1.29, 1.82) is 0 Å². The Kier molecular flexibility index (Phi) is 7.25. The minimum Gasteiger partial charge on any atom is -0.390 e. The normalized spacial score (nSPS) is 39.5. The van der Waals surface area contributed by atoms with E-state index in [9.17, 15) is 10.2 Å². The molecule has 4 rings (SSSR count). The summed E-state index contributed by atoms with van der Waals surface area (Å²) in [5.41, 5.74) is 0. The van der Waals surface area contributed by atoms with Crippen LogP contribution in [0.15, 0.2) is 0 Å². The number of rotatable bonds is 12. The van der Waals surface area contributed by atoms with E-state index in [0.29, 0.717) is 50.8 Å². The van der Waals surface area contributed by atoms with Crippen LogP contribution in [-0.2, 0) is 23.7 Å². The molecule has 9 atom stereocenters. The molecule has 0 bridgehead atoms. The van der Waals surface area contributed by atoms with Gasteiger partial charge in [0.2, 0.25) is 0 Å². The first-order chi connectivity index (χ1) is 13.6. The summed E-state index contributed by atoms with van der Waals surface area (Å²) in [5.74, 6) is 0.510. The van der Waals surface area contributed by atoms with Gasteiger partial charge in [-0.25, -0.2) is 0 Å². The second-order valence-electron chi connectivity index (χ2n) is 8.86. The van der Waals surface area contributed by atoms with Gasteiger partial charge < -0.3 is 33.9 Å². The monoisotopic (exact) mass is 400 g/mol. The van der Waals surface area contributed by atoms with Crippen LogP contribution in [0.2, 0.25) is 0 Å². The lowest BCUT2D eigenvalue weighted by molar-refractivity contribution is -0.101. The molecule has 2 N–H and O–H groups in total. The summed E-state index contributed by atoms with van der Waals surface area (Å²) >= 11 is 0. The first-order valence-corrected chi connectivity index (χ1v) is 11.1. The van der Waals surface area contributed by atoms with Crippen molar-refractivity contribution in [1.82, 2.24) is 0 Å². The molecule has 0 amide bonds. The van der Waals surface area contributed by atoms with Crippen molar-refractivity contribution in [2.24, 2.45) is 11.8 Å². The SMILES string of the molecule is CCOCC(COCC(O)C1CCC2OC2C1)OCC(O)C1CCC2OC2C1. The number of epoxide rings is 2. The molecule has 0 aromatic heterocycles. The van der Waals surface area contributed by atoms with Gasteiger partial charge in [0.15, 0.2) is 0 Å². The fraction of sp³-hybridized carbons (Fsp3) is 1.00. The Morgan fingerprint density at radius 2 is 1.32 bits per heavy atom. The van der Waals surface area contributed by atoms with Gasteiger partial charge in [0, 0.05) is 6.61 Å². The van der Waals surface area contributed by atoms with E-state index in [0.717, 1.165) is 38.5 Å². The third kappa shape index (κ3) is 5.65. The molecular weight excluding hydrogens is 364 g/mol. The standard InChI is InChI=1S/C21H36O7/c1-2-24-9-15(26-12-17(23)14-4-6-19-21(8-14)28-19)10-25-11-16(22)13-3-5-18-20(7-13)27-18/h13-23H,2-12H2,1H3. The fourth-order valence-electron chi connectivity index (χ4n) is 4.79. The Bertz CT molecular complexity index is 489. The molecule has 2 aliphatic heterocycles. The van der Waals surface area contributed by atoms with Crippen LogP contribution in [0.25, 0.3) is 0 Å². The van der Waals surface area contributed by atoms with Gasteiger partial charge in [-0.2, -0.15) is 0 Å². The highest BCUT2D eigenvalue weighted by molar-refractivity contribution is 4.94. The van der Waals surface area contributed by atoms with Gasteiger partial charge in [-0.1, -0.05) is 0 Å². The predicted molar refractivity (Wildman–Crippen MR) is 101 cm³/mol. The summed E-state index contributed by atoms with van der Waals surface area (Å²) in [4.78, 5) is 0. The molecule has 162 valence electrons. The minimum absolute atomic E-state index is 0.238. The van der Waals surface area contributed by atoms with E-state index in [1.54, 1.807) is 0 Å². The van der Waals surface area contributed by atoms with Crippen molar-refractivity contribution in [3.05, 3.63) is 0 Å². The maximum Gasteiger partial charge on any atom is 0.104 e. The number of ether oxygens (including phenoxy) is 5. The maximum atomic E-state index is 10.5. The average molecular weight is 401 g/mol. The summed E-state index contributed by atoms with van der Waals surface area (Å²) in [5, 5.41) is 20.9. The van der Waals surface area contributed by atoms with E-state index in [-0.39, 0.29) is 24.5 Å². The van der Waals surface area contributed by atoms with Crippen LogP contribution in [-0.4, -0.2) is 86.0 Å². The lowest BCUT2D eigenvalue weighted by atomic mass is 9.85. The second-order valence-corrected chi connectivity index (χ2v) is 8.86. The van der Waals surface area contributed by atoms with E-state index in [2.05, 4.69) is 0 Å². The van der Waals surface area contributed by atoms with Gasteiger partial charge in [0.05, 0.1) is 63.1 Å². The number of aliphatic hydroxyl groups excluding tert-OH is 2. The fourth-order valence-corrected chi connectivity index (χ4v) is 4.79. The smallest absolute Gasteiger partial charge is 0.104 e. The van der Waals surface area contributed by atoms with Gasteiger partial charge in [0.1, 0.15) is 6.10 Å². The van der Waals surface area contributed by atoms with Crippen molar-refractivity contribution < 1.29 is 33.9 Å². The van der Waals surface area contributed by atoms with E-state index >= 15 is 0 Å². The highest BCUT2D eigenvalue weighted by Crippen LogP contribution is 2.41. The zero-order chi connectivity index (χ0) is 19.5. The van der Waals surface area contributed by atoms with E-state index < -0.39 is 12.2 Å². The third-order valence-corrected chi connectivity index (χ3v) is 6.78. The van der Waals surface area contributed by atoms with Crippen molar-refractivity contribution in [2.75, 3.05) is 33.0 Å². The van der Waals surface area contributed by atoms with E-state index in [1.165, 1.54) is 0 Å². The zero-order valence-corrected chi connectivity index (χ0v) is 16.9. The molecule has 0 aromatic rings. The quantitative estimate of drug-likeness (QED) is 0.477. The van der Waals surface area contributed by atoms with Gasteiger partial charge in [-0.3, -0.25) is 0 Å². The molecule has 0 spiro atoms. The van der Waals surface area contributed by atoms with Crippen LogP contribution in [0.4, 0.5) is 0 Å². The maximum absolute atomic E-state index is 10.5. The zero-order valence-electron chi connectivity index (χ0n) is 16.9. The van der Waals surface area contributed by atoms with Gasteiger partial charge >= 0.3 is 0 Å². The summed E-state index contributed by atoms with van der Waals surface area (Å²) in [6.07, 6.45) is 6.39. The largest absolute Gasteiger partial charge is 0.390 e. The van der Waals surface area contributed by atoms with Crippen molar-refractivity contribution in [2.45, 2.75) is 88.2 Å². The number of fused-ring (bicyclic) bond motifs is 2. The second kappa shape index (κ2) is 9.69. The van der Waals surface area contributed by atoms with Crippen LogP contribution in [0, 0.1) is 11.8 Å². The number of aliphatic hydroxyl groups is 2. The van der Waals surface area contributed by atoms with Gasteiger partial charge in [-0.15, -0.1) is 0 Å². The van der Waals surface area contributed by atoms with E-state index in [1.807, 2.05) is 6.92 Å². The molecule has 4 aliphatic rings. The average Bonchev–Trinajstić information content (AvgIpc) is 3.61. The van der Waals surface area contributed by atoms with Gasteiger partial charge in [-0.05, 0) is 57.3 Å². The molecule has 7 heteroatoms. The highest BCUT2D eigenvalue weighted by Gasteiger charge is 2.46. The molecule has 0 radical (unpaired) electrons. The lowest BCUT2D eigenvalue weighted by Crippen LogP contribution is -2.36. The Morgan fingerprint density at radius 3 is 1.89 bits per heavy atom. The molecule has 2 saturated heterocycles. The van der Waals surface area contributed by atoms with Crippen LogP contribution in [0.5, 0.6) is 0 Å². The highest BCUT2D eigenvalue weighted by atomic mass is 16.6. The molecule has 9 unspecified atom stereocenters. The number of hydrogen-bond acceptors (Lipinski definition) is 7. The molecule has 2 aliphatic carbocycles. The molecule has 28 heavy (non-hydrogen) atoms. The minimum atomic E-state index is -0.478. The molecule has 4 fully saturated rings. The van der Waals surface area contributed by atoms with Crippen LogP contribution in [0.1, 0.15) is 45.4 Å². The van der Waals surface area contributed by atoms with Crippen molar-refractivity contribution in [3.63, 3.8) is 0 Å². The van der Waals surface area contributed by atoms with Crippen molar-refractivity contribution in [3.8, 4) is 0 Å². The predicted octanol–water partition coefficient (Wildman–Crippen LogP) is 1.28. The van der Waals surface area contributed by atoms with Crippen LogP contribution >= 0.6 is 0 Å². The molecule has 2 saturated carbocycles. The Morgan fingerprint density at radius 1 is 0.750 bits per heavy atom. The molecule has 7 nitrogen and oxygen atoms in total. The summed E-state index contributed by atoms with van der Waals surface area (Å²) < 4.78 is 28.3. The number of hydrogen-bond donors (Lipinski definition) is 2. The summed E-state index contributed by atoms with van der Waals surface area (Å²) in [6.45, 7) is 3.93. The third-order valence-electron chi connectivity index (χ3n) is 6.78. The Hall–Kier alpha value is -0.280. The Balaban J connectivity index is 1.14. The summed E-state index contributed by atoms with van der Waals surface area (Å²) in [6, 6.07) is 0. The van der Waals surface area contributed by atoms with Crippen LogP contribution < -0.4 is 0 Å². The topological polar surface area (TPSA) is 93.2 Å². The van der Waals surface area contributed by atoms with E-state index in [4.69, 9.17) is 23.7 Å². The van der Waals surface area contributed by atoms with Gasteiger partial charge in [0.25, 0.3) is 0 Å². The molecular formula is C21H36O7.